The topological polar surface area (TPSA) is 52.0 Å². The molecule has 0 spiro atoms. The van der Waals surface area contributed by atoms with Crippen LogP contribution in [-0.4, -0.2) is 35.3 Å². The average molecular weight is 266 g/mol. The number of nitrogens with one attached hydrogen (secondary N) is 1. The molecule has 0 aliphatic carbocycles. The van der Waals surface area contributed by atoms with Crippen LogP contribution in [0.1, 0.15) is 10.6 Å². The van der Waals surface area contributed by atoms with E-state index in [1.807, 2.05) is 10.9 Å². The van der Waals surface area contributed by atoms with Crippen molar-refractivity contribution in [1.29, 1.82) is 0 Å². The first-order valence-electron chi connectivity index (χ1n) is 5.99. The van der Waals surface area contributed by atoms with Gasteiger partial charge in [0.05, 0.1) is 12.3 Å². The van der Waals surface area contributed by atoms with Crippen LogP contribution in [0.25, 0.3) is 0 Å². The third kappa shape index (κ3) is 4.21. The number of aromatic nitrogens is 3. The molecule has 5 nitrogen and oxygen atoms in total. The fourth-order valence-corrected chi connectivity index (χ4v) is 2.30. The molecule has 0 aromatic carbocycles. The van der Waals surface area contributed by atoms with Crippen molar-refractivity contribution < 1.29 is 4.74 Å². The molecular weight excluding hydrogens is 248 g/mol. The highest BCUT2D eigenvalue weighted by molar-refractivity contribution is 7.09. The number of rotatable bonds is 8. The van der Waals surface area contributed by atoms with Gasteiger partial charge in [0.2, 0.25) is 0 Å². The fraction of sp³-hybridized carbons (Fsp3) is 0.500. The molecule has 2 aromatic rings. The van der Waals surface area contributed by atoms with Gasteiger partial charge in [-0.3, -0.25) is 4.68 Å². The lowest BCUT2D eigenvalue weighted by Crippen LogP contribution is -2.18. The lowest BCUT2D eigenvalue weighted by molar-refractivity contribution is 0.199. The van der Waals surface area contributed by atoms with E-state index in [4.69, 9.17) is 4.74 Å². The first-order chi connectivity index (χ1) is 8.88. The maximum absolute atomic E-state index is 4.96. The van der Waals surface area contributed by atoms with Crippen LogP contribution in [0.15, 0.2) is 23.7 Å². The highest BCUT2D eigenvalue weighted by Gasteiger charge is 2.01. The van der Waals surface area contributed by atoms with Crippen molar-refractivity contribution >= 4 is 11.3 Å². The van der Waals surface area contributed by atoms with Crippen LogP contribution in [0, 0.1) is 0 Å². The van der Waals surface area contributed by atoms with Crippen molar-refractivity contribution in [1.82, 2.24) is 20.3 Å². The first kappa shape index (κ1) is 13.2. The Balaban J connectivity index is 1.72. The third-order valence-corrected chi connectivity index (χ3v) is 3.48. The van der Waals surface area contributed by atoms with Gasteiger partial charge in [0.15, 0.2) is 0 Å². The number of hydrogen-bond donors (Lipinski definition) is 1. The van der Waals surface area contributed by atoms with E-state index in [1.54, 1.807) is 18.4 Å². The van der Waals surface area contributed by atoms with Gasteiger partial charge < -0.3 is 10.1 Å². The minimum absolute atomic E-state index is 0.715. The second-order valence-corrected chi connectivity index (χ2v) is 5.00. The molecule has 2 rings (SSSR count). The van der Waals surface area contributed by atoms with Crippen LogP contribution in [-0.2, 0) is 24.2 Å². The monoisotopic (exact) mass is 266 g/mol. The van der Waals surface area contributed by atoms with E-state index in [9.17, 15) is 0 Å². The SMILES string of the molecule is COCCNCc1cn(CCc2cccs2)nn1. The van der Waals surface area contributed by atoms with Crippen molar-refractivity contribution in [2.45, 2.75) is 19.5 Å². The van der Waals surface area contributed by atoms with Crippen molar-refractivity contribution in [2.24, 2.45) is 0 Å². The molecule has 98 valence electrons. The fourth-order valence-electron chi connectivity index (χ4n) is 1.60. The molecule has 1 N–H and O–H groups in total. The summed E-state index contributed by atoms with van der Waals surface area (Å²) >= 11 is 1.78. The second kappa shape index (κ2) is 7.25. The number of hydrogen-bond acceptors (Lipinski definition) is 5. The lowest BCUT2D eigenvalue weighted by Gasteiger charge is -2.00. The molecule has 0 amide bonds. The van der Waals surface area contributed by atoms with E-state index in [0.29, 0.717) is 6.61 Å². The Morgan fingerprint density at radius 2 is 2.44 bits per heavy atom. The summed E-state index contributed by atoms with van der Waals surface area (Å²) in [4.78, 5) is 1.38. The Morgan fingerprint density at radius 3 is 3.22 bits per heavy atom. The Labute approximate surface area is 111 Å². The zero-order chi connectivity index (χ0) is 12.6. The normalized spacial score (nSPS) is 10.9. The molecule has 0 saturated heterocycles. The molecule has 0 aliphatic rings. The molecule has 0 saturated carbocycles. The molecule has 2 aromatic heterocycles. The van der Waals surface area contributed by atoms with Gasteiger partial charge in [-0.1, -0.05) is 11.3 Å². The van der Waals surface area contributed by atoms with Gasteiger partial charge in [-0.15, -0.1) is 16.4 Å². The Bertz CT molecular complexity index is 441. The van der Waals surface area contributed by atoms with E-state index in [2.05, 4.69) is 33.1 Å². The van der Waals surface area contributed by atoms with Gasteiger partial charge in [0, 0.05) is 44.2 Å². The quantitative estimate of drug-likeness (QED) is 0.732. The van der Waals surface area contributed by atoms with Crippen LogP contribution in [0.3, 0.4) is 0 Å². The van der Waals surface area contributed by atoms with Crippen LogP contribution in [0.5, 0.6) is 0 Å². The highest BCUT2D eigenvalue weighted by Crippen LogP contribution is 2.09. The van der Waals surface area contributed by atoms with Crippen molar-refractivity contribution in [3.8, 4) is 0 Å². The second-order valence-electron chi connectivity index (χ2n) is 3.97. The van der Waals surface area contributed by atoms with Crippen molar-refractivity contribution in [3.05, 3.63) is 34.3 Å². The van der Waals surface area contributed by atoms with Gasteiger partial charge in [0.25, 0.3) is 0 Å². The van der Waals surface area contributed by atoms with Gasteiger partial charge in [-0.05, 0) is 11.4 Å². The summed E-state index contributed by atoms with van der Waals surface area (Å²) in [5.74, 6) is 0. The van der Waals surface area contributed by atoms with E-state index < -0.39 is 0 Å². The number of ether oxygens (including phenoxy) is 1. The summed E-state index contributed by atoms with van der Waals surface area (Å²) in [5, 5.41) is 13.6. The van der Waals surface area contributed by atoms with Gasteiger partial charge in [-0.2, -0.15) is 0 Å². The van der Waals surface area contributed by atoms with Crippen LogP contribution in [0.4, 0.5) is 0 Å². The van der Waals surface area contributed by atoms with Crippen molar-refractivity contribution in [2.75, 3.05) is 20.3 Å². The van der Waals surface area contributed by atoms with Crippen LogP contribution < -0.4 is 5.32 Å². The Hall–Kier alpha value is -1.24. The summed E-state index contributed by atoms with van der Waals surface area (Å²) in [6.07, 6.45) is 3.00. The Morgan fingerprint density at radius 1 is 1.50 bits per heavy atom. The van der Waals surface area contributed by atoms with Gasteiger partial charge >= 0.3 is 0 Å². The van der Waals surface area contributed by atoms with E-state index in [-0.39, 0.29) is 0 Å². The summed E-state index contributed by atoms with van der Waals surface area (Å²) < 4.78 is 6.86. The minimum atomic E-state index is 0.715. The molecular formula is C12H18N4OS. The molecule has 0 unspecified atom stereocenters. The summed E-state index contributed by atoms with van der Waals surface area (Å²) in [6.45, 7) is 3.17. The predicted octanol–water partition coefficient (Wildman–Crippen LogP) is 1.32. The summed E-state index contributed by atoms with van der Waals surface area (Å²) in [6, 6.07) is 4.22. The summed E-state index contributed by atoms with van der Waals surface area (Å²) in [5.41, 5.74) is 0.970. The number of aryl methyl sites for hydroxylation is 2. The third-order valence-electron chi connectivity index (χ3n) is 2.54. The first-order valence-corrected chi connectivity index (χ1v) is 6.87. The molecule has 0 bridgehead atoms. The minimum Gasteiger partial charge on any atom is -0.383 e. The smallest absolute Gasteiger partial charge is 0.0964 e. The van der Waals surface area contributed by atoms with Crippen LogP contribution in [0.2, 0.25) is 0 Å². The number of methoxy groups -OCH3 is 1. The Kier molecular flexibility index (Phi) is 5.32. The van der Waals surface area contributed by atoms with E-state index in [1.165, 1.54) is 4.88 Å². The molecule has 6 heteroatoms. The highest BCUT2D eigenvalue weighted by atomic mass is 32.1. The molecule has 0 aliphatic heterocycles. The number of thiophene rings is 1. The summed E-state index contributed by atoms with van der Waals surface area (Å²) in [7, 11) is 1.70. The molecule has 0 radical (unpaired) electrons. The van der Waals surface area contributed by atoms with Gasteiger partial charge in [0.1, 0.15) is 0 Å². The zero-order valence-corrected chi connectivity index (χ0v) is 11.3. The van der Waals surface area contributed by atoms with Gasteiger partial charge in [-0.25, -0.2) is 0 Å². The van der Waals surface area contributed by atoms with E-state index in [0.717, 1.165) is 31.7 Å². The molecule has 18 heavy (non-hydrogen) atoms. The average Bonchev–Trinajstić information content (AvgIpc) is 3.03. The molecule has 2 heterocycles. The van der Waals surface area contributed by atoms with E-state index >= 15 is 0 Å². The predicted molar refractivity (Wildman–Crippen MR) is 71.6 cm³/mol. The largest absolute Gasteiger partial charge is 0.383 e. The lowest BCUT2D eigenvalue weighted by atomic mass is 10.3. The maximum atomic E-state index is 4.96. The molecule has 0 fully saturated rings. The van der Waals surface area contributed by atoms with Crippen molar-refractivity contribution in [3.63, 3.8) is 0 Å². The zero-order valence-electron chi connectivity index (χ0n) is 10.5. The molecule has 0 atom stereocenters. The maximum Gasteiger partial charge on any atom is 0.0964 e. The standard InChI is InChI=1S/C12H18N4OS/c1-17-7-5-13-9-11-10-16(15-14-11)6-4-12-3-2-8-18-12/h2-3,8,10,13H,4-7,9H2,1H3. The van der Waals surface area contributed by atoms with Crippen LogP contribution >= 0.6 is 11.3 Å². The number of nitrogens with zero attached hydrogens (tertiary/aromatic N) is 3.